The highest BCUT2D eigenvalue weighted by atomic mass is 32.2. The number of hydrogen-bond donors (Lipinski definition) is 2. The Hall–Kier alpha value is -0.470. The molecule has 5 nitrogen and oxygen atoms in total. The van der Waals surface area contributed by atoms with E-state index in [1.165, 1.54) is 24.2 Å². The van der Waals surface area contributed by atoms with Crippen LogP contribution in [0.15, 0.2) is 16.3 Å². The van der Waals surface area contributed by atoms with Gasteiger partial charge in [0.2, 0.25) is 10.0 Å². The van der Waals surface area contributed by atoms with E-state index in [2.05, 4.69) is 17.0 Å². The second-order valence-electron chi connectivity index (χ2n) is 5.24. The summed E-state index contributed by atoms with van der Waals surface area (Å²) in [6.45, 7) is 4.28. The lowest BCUT2D eigenvalue weighted by Gasteiger charge is -2.05. The van der Waals surface area contributed by atoms with Crippen molar-refractivity contribution >= 4 is 21.4 Å². The van der Waals surface area contributed by atoms with Crippen LogP contribution in [0.3, 0.4) is 0 Å². The monoisotopic (exact) mass is 332 g/mol. The Balaban J connectivity index is 1.73. The summed E-state index contributed by atoms with van der Waals surface area (Å²) in [5.74, 6) is 0. The summed E-state index contributed by atoms with van der Waals surface area (Å²) in [4.78, 5) is 1.06. The van der Waals surface area contributed by atoms with Gasteiger partial charge in [0, 0.05) is 30.6 Å². The van der Waals surface area contributed by atoms with Crippen molar-refractivity contribution < 1.29 is 13.2 Å². The lowest BCUT2D eigenvalue weighted by atomic mass is 10.4. The summed E-state index contributed by atoms with van der Waals surface area (Å²) in [5.41, 5.74) is 0. The van der Waals surface area contributed by atoms with E-state index in [1.54, 1.807) is 6.07 Å². The third-order valence-electron chi connectivity index (χ3n) is 3.22. The molecule has 120 valence electrons. The summed E-state index contributed by atoms with van der Waals surface area (Å²) in [7, 11) is -3.39. The van der Waals surface area contributed by atoms with Gasteiger partial charge in [-0.1, -0.05) is 13.3 Å². The average Bonchev–Trinajstić information content (AvgIpc) is 3.16. The number of rotatable bonds is 11. The normalized spacial score (nSPS) is 15.5. The largest absolute Gasteiger partial charge is 0.380 e. The van der Waals surface area contributed by atoms with Crippen molar-refractivity contribution in [1.82, 2.24) is 10.0 Å². The van der Waals surface area contributed by atoms with E-state index < -0.39 is 10.0 Å². The molecule has 1 aliphatic carbocycles. The van der Waals surface area contributed by atoms with Gasteiger partial charge in [-0.2, -0.15) is 0 Å². The fourth-order valence-corrected chi connectivity index (χ4v) is 4.16. The molecule has 0 saturated heterocycles. The number of ether oxygens (including phenoxy) is 1. The molecule has 1 aromatic heterocycles. The molecule has 0 spiro atoms. The summed E-state index contributed by atoms with van der Waals surface area (Å²) < 4.78 is 32.5. The molecule has 1 saturated carbocycles. The van der Waals surface area contributed by atoms with Crippen LogP contribution >= 0.6 is 11.3 Å². The average molecular weight is 332 g/mol. The number of unbranched alkanes of at least 4 members (excludes halogenated alkanes) is 1. The molecule has 2 N–H and O–H groups in total. The van der Waals surface area contributed by atoms with E-state index in [4.69, 9.17) is 4.74 Å². The topological polar surface area (TPSA) is 67.4 Å². The van der Waals surface area contributed by atoms with Crippen LogP contribution in [-0.4, -0.2) is 34.2 Å². The predicted molar refractivity (Wildman–Crippen MR) is 85.1 cm³/mol. The Bertz CT molecular complexity index is 524. The van der Waals surface area contributed by atoms with Crippen molar-refractivity contribution in [1.29, 1.82) is 0 Å². The summed E-state index contributed by atoms with van der Waals surface area (Å²) in [6, 6.07) is 4.19. The minimum Gasteiger partial charge on any atom is -0.380 e. The molecule has 0 bridgehead atoms. The maximum Gasteiger partial charge on any atom is 0.250 e. The van der Waals surface area contributed by atoms with Gasteiger partial charge in [0.15, 0.2) is 0 Å². The van der Waals surface area contributed by atoms with Crippen LogP contribution in [0.25, 0.3) is 0 Å². The molecule has 0 amide bonds. The maximum atomic E-state index is 12.1. The van der Waals surface area contributed by atoms with Gasteiger partial charge in [-0.15, -0.1) is 11.3 Å². The number of hydrogen-bond acceptors (Lipinski definition) is 5. The van der Waals surface area contributed by atoms with E-state index >= 15 is 0 Å². The van der Waals surface area contributed by atoms with Crippen molar-refractivity contribution in [2.75, 3.05) is 19.8 Å². The minimum atomic E-state index is -3.39. The number of thiophene rings is 1. The van der Waals surface area contributed by atoms with Gasteiger partial charge in [0.25, 0.3) is 0 Å². The first-order valence-electron chi connectivity index (χ1n) is 7.51. The van der Waals surface area contributed by atoms with E-state index in [9.17, 15) is 8.42 Å². The molecule has 1 fully saturated rings. The molecule has 0 aliphatic heterocycles. The number of sulfonamides is 1. The summed E-state index contributed by atoms with van der Waals surface area (Å²) >= 11 is 1.33. The zero-order chi connectivity index (χ0) is 15.1. The van der Waals surface area contributed by atoms with Gasteiger partial charge in [-0.3, -0.25) is 0 Å². The van der Waals surface area contributed by atoms with Crippen LogP contribution in [0.2, 0.25) is 0 Å². The highest BCUT2D eigenvalue weighted by Crippen LogP contribution is 2.24. The number of nitrogens with one attached hydrogen (secondary N) is 2. The van der Waals surface area contributed by atoms with Crippen molar-refractivity contribution in [2.45, 2.75) is 49.4 Å². The summed E-state index contributed by atoms with van der Waals surface area (Å²) in [5, 5.41) is 3.38. The van der Waals surface area contributed by atoms with Gasteiger partial charge < -0.3 is 10.1 Å². The molecule has 7 heteroatoms. The Morgan fingerprint density at radius 2 is 2.14 bits per heavy atom. The maximum absolute atomic E-state index is 12.1. The standard InChI is InChI=1S/C14H24N2O3S2/c1-2-3-9-19-10-8-16-21(17,18)14-7-6-13(20-14)11-15-12-4-5-12/h6-7,12,15-16H,2-5,8-11H2,1H3. The lowest BCUT2D eigenvalue weighted by Crippen LogP contribution is -2.27. The predicted octanol–water partition coefficient (Wildman–Crippen LogP) is 2.10. The zero-order valence-electron chi connectivity index (χ0n) is 12.4. The van der Waals surface area contributed by atoms with Crippen molar-refractivity contribution in [3.63, 3.8) is 0 Å². The first kappa shape index (κ1) is 16.9. The molecular formula is C14H24N2O3S2. The lowest BCUT2D eigenvalue weighted by molar-refractivity contribution is 0.136. The van der Waals surface area contributed by atoms with E-state index in [-0.39, 0.29) is 0 Å². The molecule has 1 aliphatic rings. The van der Waals surface area contributed by atoms with Crippen LogP contribution in [0.4, 0.5) is 0 Å². The molecule has 2 rings (SSSR count). The van der Waals surface area contributed by atoms with Crippen LogP contribution in [-0.2, 0) is 21.3 Å². The van der Waals surface area contributed by atoms with Crippen LogP contribution < -0.4 is 10.0 Å². The van der Waals surface area contributed by atoms with Crippen molar-refractivity contribution in [3.8, 4) is 0 Å². The summed E-state index contributed by atoms with van der Waals surface area (Å²) in [6.07, 6.45) is 4.56. The molecule has 0 unspecified atom stereocenters. The third kappa shape index (κ3) is 6.04. The van der Waals surface area contributed by atoms with Crippen LogP contribution in [0.5, 0.6) is 0 Å². The SMILES string of the molecule is CCCCOCCNS(=O)(=O)c1ccc(CNC2CC2)s1. The second-order valence-corrected chi connectivity index (χ2v) is 8.40. The fourth-order valence-electron chi connectivity index (χ4n) is 1.80. The van der Waals surface area contributed by atoms with Crippen LogP contribution in [0, 0.1) is 0 Å². The highest BCUT2D eigenvalue weighted by molar-refractivity contribution is 7.91. The quantitative estimate of drug-likeness (QED) is 0.609. The molecule has 0 aromatic carbocycles. The van der Waals surface area contributed by atoms with Crippen molar-refractivity contribution in [2.24, 2.45) is 0 Å². The highest BCUT2D eigenvalue weighted by Gasteiger charge is 2.21. The Morgan fingerprint density at radius 3 is 2.86 bits per heavy atom. The van der Waals surface area contributed by atoms with Gasteiger partial charge in [-0.25, -0.2) is 13.1 Å². The zero-order valence-corrected chi connectivity index (χ0v) is 14.1. The Kier molecular flexibility index (Phi) is 6.63. The van der Waals surface area contributed by atoms with E-state index in [0.717, 1.165) is 24.3 Å². The minimum absolute atomic E-state index is 0.319. The fraction of sp³-hybridized carbons (Fsp3) is 0.714. The molecular weight excluding hydrogens is 308 g/mol. The molecule has 0 atom stereocenters. The Morgan fingerprint density at radius 1 is 1.33 bits per heavy atom. The van der Waals surface area contributed by atoms with Gasteiger partial charge in [0.1, 0.15) is 4.21 Å². The van der Waals surface area contributed by atoms with Gasteiger partial charge in [-0.05, 0) is 31.4 Å². The second kappa shape index (κ2) is 8.24. The first-order valence-corrected chi connectivity index (χ1v) is 9.81. The molecule has 0 radical (unpaired) electrons. The first-order chi connectivity index (χ1) is 10.1. The van der Waals surface area contributed by atoms with Crippen molar-refractivity contribution in [3.05, 3.63) is 17.0 Å². The Labute approximate surface area is 131 Å². The molecule has 21 heavy (non-hydrogen) atoms. The van der Waals surface area contributed by atoms with E-state index in [0.29, 0.717) is 30.0 Å². The molecule has 1 aromatic rings. The third-order valence-corrected chi connectivity index (χ3v) is 6.26. The van der Waals surface area contributed by atoms with Gasteiger partial charge in [0.05, 0.1) is 6.61 Å². The van der Waals surface area contributed by atoms with Gasteiger partial charge >= 0.3 is 0 Å². The smallest absolute Gasteiger partial charge is 0.250 e. The van der Waals surface area contributed by atoms with Crippen LogP contribution in [0.1, 0.15) is 37.5 Å². The molecule has 1 heterocycles. The van der Waals surface area contributed by atoms with E-state index in [1.807, 2.05) is 6.07 Å².